The molecule has 0 amide bonds. The third-order valence-electron chi connectivity index (χ3n) is 2.09. The second-order valence-electron chi connectivity index (χ2n) is 3.34. The van der Waals surface area contributed by atoms with E-state index in [0.717, 1.165) is 5.56 Å². The Kier molecular flexibility index (Phi) is 2.28. The number of anilines is 1. The molecule has 0 bridgehead atoms. The molecule has 1 aromatic heterocycles. The van der Waals surface area contributed by atoms with Gasteiger partial charge >= 0.3 is 0 Å². The molecular weight excluding hydrogens is 210 g/mol. The van der Waals surface area contributed by atoms with Crippen LogP contribution < -0.4 is 5.73 Å². The van der Waals surface area contributed by atoms with Crippen molar-refractivity contribution in [3.63, 3.8) is 0 Å². The lowest BCUT2D eigenvalue weighted by Gasteiger charge is -2.02. The highest BCUT2D eigenvalue weighted by Gasteiger charge is 2.16. The van der Waals surface area contributed by atoms with E-state index >= 15 is 0 Å². The third-order valence-corrected chi connectivity index (χ3v) is 2.09. The minimum absolute atomic E-state index is 0.0319. The molecule has 0 aliphatic heterocycles. The summed E-state index contributed by atoms with van der Waals surface area (Å²) in [6.07, 6.45) is 1.43. The fourth-order valence-electron chi connectivity index (χ4n) is 1.37. The van der Waals surface area contributed by atoms with Crippen LogP contribution in [0.3, 0.4) is 0 Å². The van der Waals surface area contributed by atoms with Gasteiger partial charge in [-0.3, -0.25) is 10.1 Å². The highest BCUT2D eigenvalue weighted by Crippen LogP contribution is 2.23. The second-order valence-corrected chi connectivity index (χ2v) is 3.34. The maximum absolute atomic E-state index is 10.8. The quantitative estimate of drug-likeness (QED) is 0.601. The first kappa shape index (κ1) is 10.1. The van der Waals surface area contributed by atoms with Gasteiger partial charge in [0.1, 0.15) is 5.69 Å². The minimum atomic E-state index is -0.466. The van der Waals surface area contributed by atoms with Gasteiger partial charge in [0.15, 0.2) is 5.82 Å². The Morgan fingerprint density at radius 3 is 2.81 bits per heavy atom. The molecule has 7 heteroatoms. The first-order valence-electron chi connectivity index (χ1n) is 4.51. The Hall–Kier alpha value is -2.44. The molecule has 1 aromatic carbocycles. The van der Waals surface area contributed by atoms with Crippen molar-refractivity contribution in [2.45, 2.75) is 6.92 Å². The van der Waals surface area contributed by atoms with Crippen molar-refractivity contribution in [1.82, 2.24) is 15.0 Å². The Bertz CT molecular complexity index is 549. The number of nitro benzene ring substituents is 1. The number of rotatable bonds is 2. The van der Waals surface area contributed by atoms with Crippen LogP contribution in [-0.2, 0) is 0 Å². The fourth-order valence-corrected chi connectivity index (χ4v) is 1.37. The van der Waals surface area contributed by atoms with Crippen LogP contribution in [0.4, 0.5) is 11.5 Å². The summed E-state index contributed by atoms with van der Waals surface area (Å²) in [6, 6.07) is 4.76. The molecule has 2 N–H and O–H groups in total. The van der Waals surface area contributed by atoms with Crippen LogP contribution in [0.2, 0.25) is 0 Å². The lowest BCUT2D eigenvalue weighted by atomic mass is 10.2. The lowest BCUT2D eigenvalue weighted by Crippen LogP contribution is -2.01. The van der Waals surface area contributed by atoms with Gasteiger partial charge in [-0.15, -0.1) is 5.10 Å². The summed E-state index contributed by atoms with van der Waals surface area (Å²) >= 11 is 0. The van der Waals surface area contributed by atoms with Crippen molar-refractivity contribution < 1.29 is 4.92 Å². The van der Waals surface area contributed by atoms with Crippen LogP contribution >= 0.6 is 0 Å². The molecule has 0 saturated carbocycles. The topological polar surface area (TPSA) is 99.9 Å². The van der Waals surface area contributed by atoms with Crippen LogP contribution in [0.25, 0.3) is 5.69 Å². The minimum Gasteiger partial charge on any atom is -0.381 e. The Labute approximate surface area is 90.6 Å². The molecule has 0 spiro atoms. The van der Waals surface area contributed by atoms with Gasteiger partial charge in [-0.1, -0.05) is 11.3 Å². The summed E-state index contributed by atoms with van der Waals surface area (Å²) < 4.78 is 1.29. The summed E-state index contributed by atoms with van der Waals surface area (Å²) in [5.41, 5.74) is 6.64. The Morgan fingerprint density at radius 1 is 1.50 bits per heavy atom. The first-order chi connectivity index (χ1) is 7.58. The maximum Gasteiger partial charge on any atom is 0.294 e. The van der Waals surface area contributed by atoms with E-state index in [9.17, 15) is 10.1 Å². The van der Waals surface area contributed by atoms with Gasteiger partial charge in [-0.2, -0.15) is 0 Å². The molecule has 0 atom stereocenters. The number of hydrogen-bond donors (Lipinski definition) is 1. The molecule has 0 aliphatic rings. The highest BCUT2D eigenvalue weighted by molar-refractivity contribution is 5.54. The molecule has 0 unspecified atom stereocenters. The van der Waals surface area contributed by atoms with Crippen molar-refractivity contribution >= 4 is 11.5 Å². The molecule has 2 aromatic rings. The van der Waals surface area contributed by atoms with E-state index in [0.29, 0.717) is 5.69 Å². The number of aromatic nitrogens is 3. The average Bonchev–Trinajstić information content (AvgIpc) is 2.64. The number of nitrogen functional groups attached to an aromatic ring is 1. The number of nitrogens with two attached hydrogens (primary N) is 1. The smallest absolute Gasteiger partial charge is 0.294 e. The van der Waals surface area contributed by atoms with Crippen LogP contribution in [0, 0.1) is 17.0 Å². The number of aryl methyl sites for hydroxylation is 1. The predicted molar refractivity (Wildman–Crippen MR) is 57.2 cm³/mol. The Balaban J connectivity index is 2.62. The number of nitro groups is 1. The van der Waals surface area contributed by atoms with E-state index < -0.39 is 4.92 Å². The summed E-state index contributed by atoms with van der Waals surface area (Å²) in [4.78, 5) is 10.4. The van der Waals surface area contributed by atoms with Gasteiger partial charge in [0, 0.05) is 6.07 Å². The van der Waals surface area contributed by atoms with Gasteiger partial charge in [0.2, 0.25) is 0 Å². The SMILES string of the molecule is Cc1ccc([N+](=O)[O-])c(-n2cc(N)nn2)c1. The van der Waals surface area contributed by atoms with Crippen molar-refractivity contribution in [1.29, 1.82) is 0 Å². The van der Waals surface area contributed by atoms with Crippen LogP contribution in [0.5, 0.6) is 0 Å². The first-order valence-corrected chi connectivity index (χ1v) is 4.51. The molecule has 2 rings (SSSR count). The maximum atomic E-state index is 10.8. The molecule has 0 radical (unpaired) electrons. The van der Waals surface area contributed by atoms with E-state index in [1.807, 2.05) is 6.92 Å². The third kappa shape index (κ3) is 1.70. The van der Waals surface area contributed by atoms with Crippen LogP contribution in [0.15, 0.2) is 24.4 Å². The average molecular weight is 219 g/mol. The van der Waals surface area contributed by atoms with Crippen molar-refractivity contribution in [2.75, 3.05) is 5.73 Å². The Morgan fingerprint density at radius 2 is 2.25 bits per heavy atom. The summed E-state index contributed by atoms with van der Waals surface area (Å²) in [5, 5.41) is 18.1. The van der Waals surface area contributed by atoms with Gasteiger partial charge in [0.25, 0.3) is 5.69 Å². The number of hydrogen-bond acceptors (Lipinski definition) is 5. The lowest BCUT2D eigenvalue weighted by molar-refractivity contribution is -0.384. The normalized spacial score (nSPS) is 10.3. The van der Waals surface area contributed by atoms with Crippen molar-refractivity contribution in [2.24, 2.45) is 0 Å². The molecule has 16 heavy (non-hydrogen) atoms. The van der Waals surface area contributed by atoms with E-state index in [2.05, 4.69) is 10.3 Å². The monoisotopic (exact) mass is 219 g/mol. The van der Waals surface area contributed by atoms with Gasteiger partial charge in [-0.25, -0.2) is 4.68 Å². The van der Waals surface area contributed by atoms with E-state index in [1.54, 1.807) is 12.1 Å². The number of nitrogens with zero attached hydrogens (tertiary/aromatic N) is 4. The number of benzene rings is 1. The summed E-state index contributed by atoms with van der Waals surface area (Å²) in [7, 11) is 0. The van der Waals surface area contributed by atoms with Crippen molar-refractivity contribution in [3.8, 4) is 5.69 Å². The van der Waals surface area contributed by atoms with E-state index in [-0.39, 0.29) is 11.5 Å². The molecule has 0 saturated heterocycles. The zero-order chi connectivity index (χ0) is 11.7. The van der Waals surface area contributed by atoms with E-state index in [4.69, 9.17) is 5.73 Å². The molecule has 1 heterocycles. The molecule has 0 aliphatic carbocycles. The molecule has 0 fully saturated rings. The molecular formula is C9H9N5O2. The van der Waals surface area contributed by atoms with Crippen LogP contribution in [-0.4, -0.2) is 19.9 Å². The highest BCUT2D eigenvalue weighted by atomic mass is 16.6. The zero-order valence-electron chi connectivity index (χ0n) is 8.49. The fraction of sp³-hybridized carbons (Fsp3) is 0.111. The van der Waals surface area contributed by atoms with E-state index in [1.165, 1.54) is 16.9 Å². The molecule has 82 valence electrons. The largest absolute Gasteiger partial charge is 0.381 e. The van der Waals surface area contributed by atoms with Crippen molar-refractivity contribution in [3.05, 3.63) is 40.1 Å². The zero-order valence-corrected chi connectivity index (χ0v) is 8.49. The summed E-state index contributed by atoms with van der Waals surface area (Å²) in [5.74, 6) is 0.218. The summed E-state index contributed by atoms with van der Waals surface area (Å²) in [6.45, 7) is 1.84. The van der Waals surface area contributed by atoms with Crippen LogP contribution in [0.1, 0.15) is 5.56 Å². The molecule has 7 nitrogen and oxygen atoms in total. The van der Waals surface area contributed by atoms with Gasteiger partial charge in [0.05, 0.1) is 11.1 Å². The van der Waals surface area contributed by atoms with Gasteiger partial charge in [-0.05, 0) is 18.6 Å². The second kappa shape index (κ2) is 3.61. The predicted octanol–water partition coefficient (Wildman–Crippen LogP) is 1.07. The standard InChI is InChI=1S/C9H9N5O2/c1-6-2-3-7(14(15)16)8(4-6)13-5-9(10)11-12-13/h2-5H,10H2,1H3. The van der Waals surface area contributed by atoms with Gasteiger partial charge < -0.3 is 5.73 Å².